The van der Waals surface area contributed by atoms with Gasteiger partial charge in [-0.05, 0) is 36.8 Å². The normalized spacial score (nSPS) is 12.2. The summed E-state index contributed by atoms with van der Waals surface area (Å²) in [6, 6.07) is 14.8. The number of aliphatic hydroxyl groups is 1. The van der Waals surface area contributed by atoms with Gasteiger partial charge in [0.1, 0.15) is 24.2 Å². The largest absolute Gasteiger partial charge is 0.497 e. The van der Waals surface area contributed by atoms with Crippen LogP contribution in [-0.2, 0) is 20.6 Å². The van der Waals surface area contributed by atoms with Crippen molar-refractivity contribution in [3.63, 3.8) is 0 Å². The molecule has 0 spiro atoms. The maximum Gasteiger partial charge on any atom is 0.332 e. The molecule has 0 amide bonds. The number of hydrogen-bond donors (Lipinski definition) is 2. The maximum atomic E-state index is 13.0. The highest BCUT2D eigenvalue weighted by atomic mass is 16.5. The lowest BCUT2D eigenvalue weighted by Gasteiger charge is -2.15. The van der Waals surface area contributed by atoms with Gasteiger partial charge < -0.3 is 19.1 Å². The fourth-order valence-corrected chi connectivity index (χ4v) is 3.69. The van der Waals surface area contributed by atoms with Crippen LogP contribution in [0.1, 0.15) is 11.1 Å². The first-order chi connectivity index (χ1) is 17.3. The fourth-order valence-electron chi connectivity index (χ4n) is 3.69. The Kier molecular flexibility index (Phi) is 7.20. The molecule has 1 unspecified atom stereocenters. The molecule has 2 aromatic carbocycles. The number of anilines is 1. The van der Waals surface area contributed by atoms with Gasteiger partial charge in [0.25, 0.3) is 5.56 Å². The third kappa shape index (κ3) is 5.15. The highest BCUT2D eigenvalue weighted by Crippen LogP contribution is 2.18. The summed E-state index contributed by atoms with van der Waals surface area (Å²) >= 11 is 0. The molecule has 0 fully saturated rings. The molecule has 11 nitrogen and oxygen atoms in total. The van der Waals surface area contributed by atoms with Crippen molar-refractivity contribution in [2.75, 3.05) is 19.1 Å². The Bertz CT molecular complexity index is 1520. The van der Waals surface area contributed by atoms with Crippen molar-refractivity contribution in [1.82, 2.24) is 18.7 Å². The van der Waals surface area contributed by atoms with Gasteiger partial charge in [-0.2, -0.15) is 10.1 Å². The second-order valence-corrected chi connectivity index (χ2v) is 8.35. The van der Waals surface area contributed by atoms with Gasteiger partial charge in [0, 0.05) is 14.1 Å². The number of hydrogen-bond acceptors (Lipinski definition) is 8. The number of hydrazone groups is 1. The van der Waals surface area contributed by atoms with E-state index in [4.69, 9.17) is 9.47 Å². The lowest BCUT2D eigenvalue weighted by molar-refractivity contribution is 0.0938. The molecule has 36 heavy (non-hydrogen) atoms. The van der Waals surface area contributed by atoms with Crippen LogP contribution >= 0.6 is 0 Å². The first kappa shape index (κ1) is 24.7. The van der Waals surface area contributed by atoms with E-state index in [-0.39, 0.29) is 30.3 Å². The number of benzene rings is 2. The van der Waals surface area contributed by atoms with E-state index >= 15 is 0 Å². The lowest BCUT2D eigenvalue weighted by atomic mass is 10.2. The van der Waals surface area contributed by atoms with E-state index < -0.39 is 17.4 Å². The summed E-state index contributed by atoms with van der Waals surface area (Å²) in [7, 11) is 4.50. The van der Waals surface area contributed by atoms with E-state index in [0.717, 1.165) is 15.7 Å². The molecular weight excluding hydrogens is 464 g/mol. The third-order valence-corrected chi connectivity index (χ3v) is 5.68. The van der Waals surface area contributed by atoms with E-state index in [2.05, 4.69) is 15.5 Å². The molecule has 2 N–H and O–H groups in total. The molecule has 0 radical (unpaired) electrons. The van der Waals surface area contributed by atoms with Crippen molar-refractivity contribution >= 4 is 23.3 Å². The van der Waals surface area contributed by atoms with Crippen LogP contribution in [0.3, 0.4) is 0 Å². The molecule has 4 rings (SSSR count). The van der Waals surface area contributed by atoms with Crippen LogP contribution in [0.25, 0.3) is 11.2 Å². The Labute approximate surface area is 206 Å². The second kappa shape index (κ2) is 10.5. The molecule has 2 aromatic heterocycles. The Morgan fingerprint density at radius 3 is 2.58 bits per heavy atom. The topological polar surface area (TPSA) is 125 Å². The first-order valence-corrected chi connectivity index (χ1v) is 11.3. The Morgan fingerprint density at radius 2 is 1.86 bits per heavy atom. The summed E-state index contributed by atoms with van der Waals surface area (Å²) in [6.45, 7) is 1.94. The van der Waals surface area contributed by atoms with Gasteiger partial charge in [0.15, 0.2) is 11.2 Å². The standard InChI is InChI=1S/C25H28N6O5/c1-16-8-10-19(11-9-16)36-15-18(32)14-31-21-22(29(2)25(34)30(3)23(21)33)27-24(31)28-26-13-17-6-5-7-20(12-17)35-4/h5-13,18,32H,14-15H2,1-4H3,(H,27,28). The molecule has 4 aromatic rings. The van der Waals surface area contributed by atoms with E-state index in [1.165, 1.54) is 23.2 Å². The van der Waals surface area contributed by atoms with Gasteiger partial charge >= 0.3 is 5.69 Å². The number of fused-ring (bicyclic) bond motifs is 1. The quantitative estimate of drug-likeness (QED) is 0.269. The lowest BCUT2D eigenvalue weighted by Crippen LogP contribution is -2.38. The Morgan fingerprint density at radius 1 is 1.11 bits per heavy atom. The van der Waals surface area contributed by atoms with Crippen LogP contribution in [-0.4, -0.2) is 49.8 Å². The molecule has 11 heteroatoms. The average molecular weight is 493 g/mol. The second-order valence-electron chi connectivity index (χ2n) is 8.35. The van der Waals surface area contributed by atoms with Gasteiger partial charge in [-0.1, -0.05) is 29.8 Å². The minimum Gasteiger partial charge on any atom is -0.497 e. The van der Waals surface area contributed by atoms with E-state index in [1.54, 1.807) is 19.4 Å². The summed E-state index contributed by atoms with van der Waals surface area (Å²) in [5, 5.41) is 15.0. The molecule has 0 aliphatic carbocycles. The minimum absolute atomic E-state index is 0.0126. The van der Waals surface area contributed by atoms with Crippen molar-refractivity contribution in [3.05, 3.63) is 80.5 Å². The zero-order chi connectivity index (χ0) is 25.8. The molecule has 1 atom stereocenters. The van der Waals surface area contributed by atoms with Gasteiger partial charge in [0.2, 0.25) is 5.95 Å². The molecule has 0 aliphatic heterocycles. The van der Waals surface area contributed by atoms with Crippen molar-refractivity contribution in [3.8, 4) is 11.5 Å². The van der Waals surface area contributed by atoms with Gasteiger partial charge in [-0.15, -0.1) is 0 Å². The Hall–Kier alpha value is -4.38. The van der Waals surface area contributed by atoms with E-state index in [0.29, 0.717) is 11.5 Å². The maximum absolute atomic E-state index is 13.0. The van der Waals surface area contributed by atoms with Crippen LogP contribution in [0.4, 0.5) is 5.95 Å². The predicted octanol–water partition coefficient (Wildman–Crippen LogP) is 1.64. The highest BCUT2D eigenvalue weighted by molar-refractivity contribution is 5.81. The van der Waals surface area contributed by atoms with Crippen LogP contribution in [0.5, 0.6) is 11.5 Å². The van der Waals surface area contributed by atoms with Crippen LogP contribution in [0.2, 0.25) is 0 Å². The number of aliphatic hydroxyl groups excluding tert-OH is 1. The molecule has 0 bridgehead atoms. The van der Waals surface area contributed by atoms with Gasteiger partial charge in [0.05, 0.1) is 19.9 Å². The average Bonchev–Trinajstić information content (AvgIpc) is 3.24. The first-order valence-electron chi connectivity index (χ1n) is 11.3. The molecule has 2 heterocycles. The van der Waals surface area contributed by atoms with E-state index in [9.17, 15) is 14.7 Å². The van der Waals surface area contributed by atoms with Gasteiger partial charge in [-0.3, -0.25) is 13.9 Å². The molecule has 0 aliphatic rings. The van der Waals surface area contributed by atoms with Crippen molar-refractivity contribution < 1.29 is 14.6 Å². The molecule has 0 saturated carbocycles. The number of nitrogens with zero attached hydrogens (tertiary/aromatic N) is 5. The van der Waals surface area contributed by atoms with Gasteiger partial charge in [-0.25, -0.2) is 10.2 Å². The number of aryl methyl sites for hydroxylation is 2. The van der Waals surface area contributed by atoms with Crippen LogP contribution in [0.15, 0.2) is 63.2 Å². The summed E-state index contributed by atoms with van der Waals surface area (Å²) in [4.78, 5) is 29.9. The SMILES string of the molecule is COc1cccc(C=NNc2nc3c(c(=O)n(C)c(=O)n3C)n2CC(O)COc2ccc(C)cc2)c1. The number of aromatic nitrogens is 4. The number of methoxy groups -OCH3 is 1. The minimum atomic E-state index is -0.978. The number of rotatable bonds is 9. The zero-order valence-electron chi connectivity index (χ0n) is 20.5. The third-order valence-electron chi connectivity index (χ3n) is 5.68. The highest BCUT2D eigenvalue weighted by Gasteiger charge is 2.21. The van der Waals surface area contributed by atoms with Crippen molar-refractivity contribution in [2.45, 2.75) is 19.6 Å². The monoisotopic (exact) mass is 492 g/mol. The number of nitrogens with one attached hydrogen (secondary N) is 1. The predicted molar refractivity (Wildman–Crippen MR) is 137 cm³/mol. The van der Waals surface area contributed by atoms with Crippen molar-refractivity contribution in [2.24, 2.45) is 19.2 Å². The Balaban J connectivity index is 1.64. The summed E-state index contributed by atoms with van der Waals surface area (Å²) in [6.07, 6.45) is 0.592. The summed E-state index contributed by atoms with van der Waals surface area (Å²) in [5.74, 6) is 1.49. The van der Waals surface area contributed by atoms with Crippen LogP contribution in [0, 0.1) is 6.92 Å². The van der Waals surface area contributed by atoms with Crippen LogP contribution < -0.4 is 26.1 Å². The molecular formula is C25H28N6O5. The number of imidazole rings is 1. The van der Waals surface area contributed by atoms with Crippen molar-refractivity contribution in [1.29, 1.82) is 0 Å². The summed E-state index contributed by atoms with van der Waals surface area (Å²) in [5.41, 5.74) is 4.00. The fraction of sp³-hybridized carbons (Fsp3) is 0.280. The molecule has 0 saturated heterocycles. The zero-order valence-corrected chi connectivity index (χ0v) is 20.5. The smallest absolute Gasteiger partial charge is 0.332 e. The number of ether oxygens (including phenoxy) is 2. The van der Waals surface area contributed by atoms with E-state index in [1.807, 2.05) is 49.4 Å². The molecule has 188 valence electrons. The summed E-state index contributed by atoms with van der Waals surface area (Å²) < 4.78 is 14.7.